The van der Waals surface area contributed by atoms with Crippen molar-refractivity contribution >= 4 is 70.5 Å². The van der Waals surface area contributed by atoms with Gasteiger partial charge < -0.3 is 86.3 Å². The Morgan fingerprint density at radius 2 is 1.22 bits per heavy atom. The SMILES string of the molecule is CN[C@H](CC(C)C)C(=O)N[C@H]1C(=O)N[C@@H](CC(N)=O)C(=O)N[C@H]2C(=O)N[C@H]3C(=O)N[C@H](C(=O)N[C@H](C(=O)OC)c4cc(OC)cc(OC)c4-c4cc3ccc4OC)[C@H](O)c3ccc(c(Cl)c3)Oc3cc2cc(c3OC)Oc2ccc(cc2Cl)[C@H]1O. The van der Waals surface area contributed by atoms with Gasteiger partial charge in [-0.25, -0.2) is 4.79 Å². The number of likely N-dealkylation sites (N-methyl/N-ethyl adjacent to an activating group) is 1. The number of aliphatic hydroxyl groups excluding tert-OH is 2. The van der Waals surface area contributed by atoms with Crippen LogP contribution in [-0.2, 0) is 43.1 Å². The van der Waals surface area contributed by atoms with Crippen LogP contribution in [0, 0.1) is 5.92 Å². The second kappa shape index (κ2) is 26.4. The smallest absolute Gasteiger partial charge is 0.333 e. The number of amides is 7. The Morgan fingerprint density at radius 3 is 1.78 bits per heavy atom. The minimum absolute atomic E-state index is 0.0100. The van der Waals surface area contributed by atoms with Gasteiger partial charge >= 0.3 is 5.97 Å². The van der Waals surface area contributed by atoms with Gasteiger partial charge in [0.05, 0.1) is 58.1 Å². The van der Waals surface area contributed by atoms with E-state index in [1.54, 1.807) is 0 Å². The molecule has 25 nitrogen and oxygen atoms in total. The van der Waals surface area contributed by atoms with Crippen LogP contribution in [0.1, 0.15) is 84.8 Å². The van der Waals surface area contributed by atoms with E-state index in [2.05, 4.69) is 37.2 Å². The Hall–Kier alpha value is -8.88. The lowest BCUT2D eigenvalue weighted by Crippen LogP contribution is -2.59. The fraction of sp³-hybridized carbons (Fsp3) is 0.345. The largest absolute Gasteiger partial charge is 0.497 e. The quantitative estimate of drug-likeness (QED) is 0.0796. The van der Waals surface area contributed by atoms with Gasteiger partial charge in [-0.2, -0.15) is 0 Å². The number of nitrogens with one attached hydrogen (secondary N) is 7. The Balaban J connectivity index is 1.39. The fourth-order valence-electron chi connectivity index (χ4n) is 10.1. The highest BCUT2D eigenvalue weighted by molar-refractivity contribution is 6.32. The van der Waals surface area contributed by atoms with Crippen LogP contribution in [0.25, 0.3) is 11.1 Å². The van der Waals surface area contributed by atoms with Gasteiger partial charge in [0.25, 0.3) is 0 Å². The predicted octanol–water partition coefficient (Wildman–Crippen LogP) is 3.70. The Morgan fingerprint density at radius 1 is 0.635 bits per heavy atom. The van der Waals surface area contributed by atoms with Crippen molar-refractivity contribution in [1.82, 2.24) is 37.2 Å². The summed E-state index contributed by atoms with van der Waals surface area (Å²) >= 11 is 13.8. The van der Waals surface area contributed by atoms with Gasteiger partial charge in [-0.3, -0.25) is 33.6 Å². The van der Waals surface area contributed by atoms with Crippen LogP contribution >= 0.6 is 23.2 Å². The van der Waals surface area contributed by atoms with E-state index in [4.69, 9.17) is 62.1 Å². The first-order chi connectivity index (χ1) is 40.5. The van der Waals surface area contributed by atoms with E-state index in [0.29, 0.717) is 6.42 Å². The molecule has 5 aliphatic rings. The molecule has 0 fully saturated rings. The molecule has 0 aromatic heterocycles. The third-order valence-corrected chi connectivity index (χ3v) is 14.9. The molecular formula is C58H62Cl2N8O17. The molecule has 7 amide bonds. The third kappa shape index (κ3) is 13.2. The molecule has 9 atom stereocenters. The molecule has 0 aliphatic carbocycles. The molecule has 27 heteroatoms. The maximum absolute atomic E-state index is 15.7. The highest BCUT2D eigenvalue weighted by Gasteiger charge is 2.42. The number of carbonyl (C=O) groups excluding carboxylic acids is 8. The topological polar surface area (TPSA) is 352 Å². The molecule has 5 heterocycles. The number of methoxy groups -OCH3 is 5. The summed E-state index contributed by atoms with van der Waals surface area (Å²) < 4.78 is 41.2. The van der Waals surface area contributed by atoms with Gasteiger partial charge in [0.15, 0.2) is 17.5 Å². The summed E-state index contributed by atoms with van der Waals surface area (Å²) in [5.41, 5.74) is 5.66. The summed E-state index contributed by atoms with van der Waals surface area (Å²) in [5, 5.41) is 42.2. The van der Waals surface area contributed by atoms with Gasteiger partial charge in [0.2, 0.25) is 47.1 Å². The number of halogens is 2. The van der Waals surface area contributed by atoms with E-state index >= 15 is 14.4 Å². The molecule has 5 aromatic carbocycles. The molecule has 0 saturated carbocycles. The molecule has 0 saturated heterocycles. The van der Waals surface area contributed by atoms with Gasteiger partial charge in [0.1, 0.15) is 71.2 Å². The summed E-state index contributed by atoms with van der Waals surface area (Å²) in [6.07, 6.45) is -4.50. The molecule has 0 radical (unpaired) electrons. The van der Waals surface area contributed by atoms with Crippen LogP contribution in [0.3, 0.4) is 0 Å². The maximum atomic E-state index is 15.7. The molecule has 0 spiro atoms. The number of nitrogens with two attached hydrogens (primary N) is 1. The molecule has 5 aliphatic heterocycles. The maximum Gasteiger partial charge on any atom is 0.333 e. The lowest BCUT2D eigenvalue weighted by molar-refractivity contribution is -0.146. The summed E-state index contributed by atoms with van der Waals surface area (Å²) in [6.45, 7) is 3.74. The molecule has 11 N–H and O–H groups in total. The van der Waals surface area contributed by atoms with E-state index in [1.165, 1.54) is 114 Å². The molecule has 11 bridgehead atoms. The third-order valence-electron chi connectivity index (χ3n) is 14.3. The second-order valence-corrected chi connectivity index (χ2v) is 21.1. The Kier molecular flexibility index (Phi) is 19.3. The van der Waals surface area contributed by atoms with Gasteiger partial charge in [0, 0.05) is 22.8 Å². The first-order valence-electron chi connectivity index (χ1n) is 26.4. The van der Waals surface area contributed by atoms with Crippen LogP contribution in [0.4, 0.5) is 0 Å². The number of fused-ring (bicyclic) bond motifs is 15. The minimum atomic E-state index is -2.04. The second-order valence-electron chi connectivity index (χ2n) is 20.3. The van der Waals surface area contributed by atoms with Crippen molar-refractivity contribution in [2.24, 2.45) is 11.7 Å². The van der Waals surface area contributed by atoms with Crippen molar-refractivity contribution in [3.05, 3.63) is 117 Å². The van der Waals surface area contributed by atoms with Crippen molar-refractivity contribution < 1.29 is 81.7 Å². The average Bonchev–Trinajstić information content (AvgIpc) is 1.61. The van der Waals surface area contributed by atoms with Crippen LogP contribution in [0.2, 0.25) is 10.0 Å². The number of primary amides is 1. The normalized spacial score (nSPS) is 21.6. The molecule has 450 valence electrons. The molecular weight excluding hydrogens is 1150 g/mol. The fourth-order valence-corrected chi connectivity index (χ4v) is 10.5. The number of esters is 1. The van der Waals surface area contributed by atoms with Crippen molar-refractivity contribution in [2.45, 2.75) is 81.2 Å². The van der Waals surface area contributed by atoms with Gasteiger partial charge in [-0.1, -0.05) is 55.2 Å². The summed E-state index contributed by atoms with van der Waals surface area (Å²) in [6, 6.07) is 5.14. The van der Waals surface area contributed by atoms with Crippen LogP contribution in [-0.4, -0.2) is 124 Å². The van der Waals surface area contributed by atoms with E-state index in [0.717, 1.165) is 7.11 Å². The first kappa shape index (κ1) is 62.2. The number of ether oxygens (including phenoxy) is 7. The van der Waals surface area contributed by atoms with Crippen molar-refractivity contribution in [3.63, 3.8) is 0 Å². The first-order valence-corrected chi connectivity index (χ1v) is 27.1. The predicted molar refractivity (Wildman–Crippen MR) is 304 cm³/mol. The molecule has 0 unspecified atom stereocenters. The van der Waals surface area contributed by atoms with E-state index in [-0.39, 0.29) is 101 Å². The number of hydrogen-bond donors (Lipinski definition) is 10. The van der Waals surface area contributed by atoms with E-state index < -0.39 is 108 Å². The molecule has 10 rings (SSSR count). The minimum Gasteiger partial charge on any atom is -0.497 e. The Bertz CT molecular complexity index is 3480. The monoisotopic (exact) mass is 1210 g/mol. The van der Waals surface area contributed by atoms with Gasteiger partial charge in [-0.05, 0) is 96.2 Å². The molecule has 5 aromatic rings. The zero-order valence-electron chi connectivity index (χ0n) is 47.0. The van der Waals surface area contributed by atoms with E-state index in [9.17, 15) is 34.2 Å². The number of carbonyl (C=O) groups is 8. The molecule has 85 heavy (non-hydrogen) atoms. The van der Waals surface area contributed by atoms with Crippen molar-refractivity contribution in [2.75, 3.05) is 42.6 Å². The summed E-state index contributed by atoms with van der Waals surface area (Å²) in [7, 11) is 7.89. The highest BCUT2D eigenvalue weighted by Crippen LogP contribution is 2.48. The van der Waals surface area contributed by atoms with Crippen molar-refractivity contribution in [3.8, 4) is 57.1 Å². The zero-order valence-corrected chi connectivity index (χ0v) is 48.6. The zero-order chi connectivity index (χ0) is 61.7. The number of benzene rings is 5. The summed E-state index contributed by atoms with van der Waals surface area (Å²) in [5.74, 6) is -9.33. The van der Waals surface area contributed by atoms with Crippen LogP contribution in [0.5, 0.6) is 46.0 Å². The average molecular weight is 1210 g/mol. The number of rotatable bonds is 12. The van der Waals surface area contributed by atoms with Crippen LogP contribution in [0.15, 0.2) is 78.9 Å². The van der Waals surface area contributed by atoms with Crippen LogP contribution < -0.4 is 71.4 Å². The lowest BCUT2D eigenvalue weighted by atomic mass is 9.89. The Labute approximate surface area is 496 Å². The lowest BCUT2D eigenvalue weighted by Gasteiger charge is -2.32. The summed E-state index contributed by atoms with van der Waals surface area (Å²) in [4.78, 5) is 116. The number of hydrogen-bond acceptors (Lipinski definition) is 18. The van der Waals surface area contributed by atoms with Gasteiger partial charge in [-0.15, -0.1) is 0 Å². The number of aliphatic hydroxyl groups is 2. The highest BCUT2D eigenvalue weighted by atomic mass is 35.5. The standard InChI is InChI=1S/C58H62Cl2N8O17/c1-24(2)15-34(62-3)52(72)67-47-49(70)26-10-13-37(32(59)17-26)84-40-19-28-20-41(51(40)82-7)85-38-14-11-27(18-33(38)60)50(71)48-57(77)66-46(58(78)83-8)31-21-29(79-4)22-39(81-6)43(31)30-16-25(9-12-36(30)80-5)44(54(74)68-48)65-55(75)45(28)64-53(73)35(23-42(61)69)63-56(47)76/h9-14,16-22,24,34-35,44-50,62,70-71H,15,23H2,1-8H3,(H2,61,69)(H,63,76)(H,64,73)(H,65,75)(H,66,77)(H,67,72)(H,68,74)/t34-,35+,44-,45-,46+,47-,48+,49-,50-/m1/s1. The van der Waals surface area contributed by atoms with Crippen molar-refractivity contribution in [1.29, 1.82) is 0 Å². The van der Waals surface area contributed by atoms with E-state index in [1.807, 2.05) is 13.8 Å².